The highest BCUT2D eigenvalue weighted by Crippen LogP contribution is 2.24. The van der Waals surface area contributed by atoms with Crippen molar-refractivity contribution in [3.63, 3.8) is 0 Å². The van der Waals surface area contributed by atoms with Crippen LogP contribution in [0.1, 0.15) is 20.8 Å². The Morgan fingerprint density at radius 2 is 2.14 bits per heavy atom. The number of aromatic nitrogens is 3. The first-order valence-electron chi connectivity index (χ1n) is 7.27. The van der Waals surface area contributed by atoms with Crippen molar-refractivity contribution in [2.75, 3.05) is 13.1 Å². The van der Waals surface area contributed by atoms with Crippen molar-refractivity contribution >= 4 is 28.7 Å². The molecule has 7 heteroatoms. The Kier molecular flexibility index (Phi) is 3.72. The van der Waals surface area contributed by atoms with Crippen LogP contribution in [-0.4, -0.2) is 44.2 Å². The van der Waals surface area contributed by atoms with Gasteiger partial charge in [0, 0.05) is 31.7 Å². The largest absolute Gasteiger partial charge is 0.444 e. The fourth-order valence-electron chi connectivity index (χ4n) is 2.56. The molecular weight excluding hydrogens is 304 g/mol. The molecule has 1 aliphatic heterocycles. The monoisotopic (exact) mass is 322 g/mol. The lowest BCUT2D eigenvalue weighted by molar-refractivity contribution is -0.00317. The van der Waals surface area contributed by atoms with Crippen LogP contribution < -0.4 is 0 Å². The summed E-state index contributed by atoms with van der Waals surface area (Å²) in [6.45, 7) is 7.82. The minimum Gasteiger partial charge on any atom is -0.444 e. The molecule has 3 rings (SSSR count). The van der Waals surface area contributed by atoms with Gasteiger partial charge >= 0.3 is 6.09 Å². The molecule has 0 atom stereocenters. The zero-order chi connectivity index (χ0) is 15.9. The number of amides is 1. The van der Waals surface area contributed by atoms with Crippen molar-refractivity contribution in [2.24, 2.45) is 5.92 Å². The number of likely N-dealkylation sites (tertiary alicyclic amines) is 1. The second-order valence-electron chi connectivity index (χ2n) is 6.62. The van der Waals surface area contributed by atoms with Crippen molar-refractivity contribution in [2.45, 2.75) is 32.9 Å². The van der Waals surface area contributed by atoms with Crippen LogP contribution in [0.25, 0.3) is 11.0 Å². The summed E-state index contributed by atoms with van der Waals surface area (Å²) >= 11 is 6.05. The normalized spacial score (nSPS) is 15.9. The third-order valence-corrected chi connectivity index (χ3v) is 3.87. The lowest BCUT2D eigenvalue weighted by Crippen LogP contribution is -2.52. The Hall–Kier alpha value is -1.82. The van der Waals surface area contributed by atoms with Crippen LogP contribution in [-0.2, 0) is 11.3 Å². The maximum Gasteiger partial charge on any atom is 0.410 e. The van der Waals surface area contributed by atoms with Crippen LogP contribution in [0.2, 0.25) is 5.15 Å². The molecule has 0 saturated carbocycles. The summed E-state index contributed by atoms with van der Waals surface area (Å²) < 4.78 is 7.41. The van der Waals surface area contributed by atoms with Crippen molar-refractivity contribution in [1.29, 1.82) is 0 Å². The highest BCUT2D eigenvalue weighted by molar-refractivity contribution is 6.33. The maximum absolute atomic E-state index is 11.9. The molecular formula is C15H19ClN4O2. The number of hydrogen-bond acceptors (Lipinski definition) is 4. The number of rotatable bonds is 2. The molecule has 0 radical (unpaired) electrons. The quantitative estimate of drug-likeness (QED) is 0.798. The van der Waals surface area contributed by atoms with Crippen molar-refractivity contribution in [3.05, 3.63) is 23.7 Å². The Balaban J connectivity index is 1.60. The third kappa shape index (κ3) is 3.02. The number of fused-ring (bicyclic) bond motifs is 1. The van der Waals surface area contributed by atoms with Gasteiger partial charge in [-0.1, -0.05) is 11.6 Å². The number of carbonyl (C=O) groups excluding carboxylic acids is 1. The molecule has 0 bridgehead atoms. The molecule has 0 unspecified atom stereocenters. The zero-order valence-corrected chi connectivity index (χ0v) is 13.7. The average Bonchev–Trinajstić information content (AvgIpc) is 2.75. The molecule has 1 aliphatic rings. The Morgan fingerprint density at radius 3 is 2.82 bits per heavy atom. The first-order chi connectivity index (χ1) is 10.3. The maximum atomic E-state index is 11.9. The summed E-state index contributed by atoms with van der Waals surface area (Å²) in [4.78, 5) is 21.9. The molecule has 118 valence electrons. The summed E-state index contributed by atoms with van der Waals surface area (Å²) in [5.41, 5.74) is 0.377. The topological polar surface area (TPSA) is 60.2 Å². The van der Waals surface area contributed by atoms with Gasteiger partial charge in [0.15, 0.2) is 0 Å². The van der Waals surface area contributed by atoms with E-state index in [2.05, 4.69) is 14.5 Å². The molecule has 0 aliphatic carbocycles. The number of carbonyl (C=O) groups is 1. The predicted octanol–water partition coefficient (Wildman–Crippen LogP) is 2.95. The smallest absolute Gasteiger partial charge is 0.410 e. The molecule has 6 nitrogen and oxygen atoms in total. The van der Waals surface area contributed by atoms with E-state index in [1.54, 1.807) is 4.90 Å². The van der Waals surface area contributed by atoms with Gasteiger partial charge in [0.1, 0.15) is 22.7 Å². The van der Waals surface area contributed by atoms with Gasteiger partial charge in [-0.25, -0.2) is 14.8 Å². The second kappa shape index (κ2) is 5.43. The minimum atomic E-state index is -0.452. The summed E-state index contributed by atoms with van der Waals surface area (Å²) in [6, 6.07) is 1.92. The fourth-order valence-corrected chi connectivity index (χ4v) is 2.75. The number of nitrogens with zero attached hydrogens (tertiary/aromatic N) is 4. The summed E-state index contributed by atoms with van der Waals surface area (Å²) in [5.74, 6) is 0.400. The molecule has 1 saturated heterocycles. The molecule has 0 spiro atoms. The van der Waals surface area contributed by atoms with E-state index in [4.69, 9.17) is 16.3 Å². The molecule has 1 amide bonds. The van der Waals surface area contributed by atoms with Crippen LogP contribution in [0, 0.1) is 5.92 Å². The highest BCUT2D eigenvalue weighted by atomic mass is 35.5. The molecule has 0 N–H and O–H groups in total. The number of hydrogen-bond donors (Lipinski definition) is 0. The van der Waals surface area contributed by atoms with Gasteiger partial charge in [-0.2, -0.15) is 0 Å². The van der Waals surface area contributed by atoms with Crippen LogP contribution >= 0.6 is 11.6 Å². The molecule has 0 aromatic carbocycles. The number of halogens is 1. The molecule has 22 heavy (non-hydrogen) atoms. The fraction of sp³-hybridized carbons (Fsp3) is 0.533. The molecule has 2 aromatic heterocycles. The van der Waals surface area contributed by atoms with Crippen LogP contribution in [0.5, 0.6) is 0 Å². The van der Waals surface area contributed by atoms with E-state index in [0.717, 1.165) is 17.6 Å². The predicted molar refractivity (Wildman–Crippen MR) is 83.8 cm³/mol. The standard InChI is InChI=1S/C15H19ClN4O2/c1-15(2,3)22-14(21)20-7-10(8-20)6-19-5-4-11-12(16)17-9-18-13(11)19/h4-5,9-10H,6-8H2,1-3H3. The van der Waals surface area contributed by atoms with Gasteiger partial charge in [0.05, 0.1) is 5.39 Å². The second-order valence-corrected chi connectivity index (χ2v) is 6.98. The first kappa shape index (κ1) is 15.1. The lowest BCUT2D eigenvalue weighted by Gasteiger charge is -2.40. The highest BCUT2D eigenvalue weighted by Gasteiger charge is 2.33. The van der Waals surface area contributed by atoms with E-state index in [-0.39, 0.29) is 6.09 Å². The first-order valence-corrected chi connectivity index (χ1v) is 7.64. The van der Waals surface area contributed by atoms with Crippen LogP contribution in [0.15, 0.2) is 18.6 Å². The van der Waals surface area contributed by atoms with Gasteiger partial charge < -0.3 is 14.2 Å². The van der Waals surface area contributed by atoms with Gasteiger partial charge in [0.2, 0.25) is 0 Å². The van der Waals surface area contributed by atoms with Crippen molar-refractivity contribution in [1.82, 2.24) is 19.4 Å². The molecule has 3 heterocycles. The number of ether oxygens (including phenoxy) is 1. The van der Waals surface area contributed by atoms with Crippen molar-refractivity contribution < 1.29 is 9.53 Å². The molecule has 2 aromatic rings. The Bertz CT molecular complexity index is 701. The van der Waals surface area contributed by atoms with Crippen LogP contribution in [0.4, 0.5) is 4.79 Å². The van der Waals surface area contributed by atoms with Gasteiger partial charge in [0.25, 0.3) is 0 Å². The minimum absolute atomic E-state index is 0.244. The average molecular weight is 323 g/mol. The Morgan fingerprint density at radius 1 is 1.41 bits per heavy atom. The summed E-state index contributed by atoms with van der Waals surface area (Å²) in [7, 11) is 0. The van der Waals surface area contributed by atoms with E-state index in [0.29, 0.717) is 24.2 Å². The van der Waals surface area contributed by atoms with E-state index in [1.165, 1.54) is 6.33 Å². The molecule has 1 fully saturated rings. The lowest BCUT2D eigenvalue weighted by atomic mass is 10.0. The SMILES string of the molecule is CC(C)(C)OC(=O)N1CC(Cn2ccc3c(Cl)ncnc32)C1. The van der Waals surface area contributed by atoms with Crippen molar-refractivity contribution in [3.8, 4) is 0 Å². The third-order valence-electron chi connectivity index (χ3n) is 3.57. The van der Waals surface area contributed by atoms with Gasteiger partial charge in [-0.3, -0.25) is 0 Å². The summed E-state index contributed by atoms with van der Waals surface area (Å²) in [6.07, 6.45) is 3.18. The van der Waals surface area contributed by atoms with Gasteiger partial charge in [-0.05, 0) is 26.8 Å². The van der Waals surface area contributed by atoms with Crippen LogP contribution in [0.3, 0.4) is 0 Å². The zero-order valence-electron chi connectivity index (χ0n) is 12.9. The van der Waals surface area contributed by atoms with E-state index < -0.39 is 5.60 Å². The van der Waals surface area contributed by atoms with E-state index >= 15 is 0 Å². The van der Waals surface area contributed by atoms with Gasteiger partial charge in [-0.15, -0.1) is 0 Å². The summed E-state index contributed by atoms with van der Waals surface area (Å²) in [5, 5.41) is 1.32. The Labute approximate surface area is 134 Å². The van der Waals surface area contributed by atoms with E-state index in [1.807, 2.05) is 33.0 Å². The van der Waals surface area contributed by atoms with E-state index in [9.17, 15) is 4.79 Å².